The Morgan fingerprint density at radius 2 is 2.13 bits per heavy atom. The molecule has 3 rings (SSSR count). The van der Waals surface area contributed by atoms with Gasteiger partial charge in [0.2, 0.25) is 0 Å². The summed E-state index contributed by atoms with van der Waals surface area (Å²) in [5.74, 6) is -0.0488. The van der Waals surface area contributed by atoms with Gasteiger partial charge < -0.3 is 9.88 Å². The van der Waals surface area contributed by atoms with Crippen LogP contribution in [0.4, 0.5) is 0 Å². The molecule has 2 heterocycles. The van der Waals surface area contributed by atoms with Crippen LogP contribution in [0.2, 0.25) is 5.02 Å². The number of hydrogen-bond donors (Lipinski definition) is 1. The van der Waals surface area contributed by atoms with Crippen LogP contribution in [0.1, 0.15) is 23.3 Å². The summed E-state index contributed by atoms with van der Waals surface area (Å²) in [6, 6.07) is 7.50. The molecule has 0 unspecified atom stereocenters. The molecule has 0 bridgehead atoms. The van der Waals surface area contributed by atoms with Crippen LogP contribution < -0.4 is 0 Å². The predicted molar refractivity (Wildman–Crippen MR) is 91.6 cm³/mol. The Labute approximate surface area is 140 Å². The Morgan fingerprint density at radius 3 is 2.83 bits per heavy atom. The Kier molecular flexibility index (Phi) is 4.38. The van der Waals surface area contributed by atoms with Crippen molar-refractivity contribution >= 4 is 38.2 Å². The molecule has 2 aromatic rings. The summed E-state index contributed by atoms with van der Waals surface area (Å²) < 4.78 is 23.0. The largest absolute Gasteiger partial charge is 0.349 e. The first-order valence-corrected chi connectivity index (χ1v) is 10.0. The van der Waals surface area contributed by atoms with Gasteiger partial charge in [0.1, 0.15) is 15.5 Å². The second kappa shape index (κ2) is 6.17. The molecule has 1 saturated heterocycles. The third-order valence-corrected chi connectivity index (χ3v) is 5.67. The number of nitrogens with zero attached hydrogens (tertiary/aromatic N) is 1. The van der Waals surface area contributed by atoms with Crippen molar-refractivity contribution in [3.05, 3.63) is 35.0 Å². The normalized spacial score (nSPS) is 19.2. The van der Waals surface area contributed by atoms with Crippen molar-refractivity contribution in [3.8, 4) is 0 Å². The van der Waals surface area contributed by atoms with Crippen LogP contribution in [0.3, 0.4) is 0 Å². The second-order valence-electron chi connectivity index (χ2n) is 6.21. The lowest BCUT2D eigenvalue weighted by Gasteiger charge is -2.32. The zero-order valence-corrected chi connectivity index (χ0v) is 14.5. The minimum atomic E-state index is -3.04. The molecule has 0 saturated carbocycles. The number of halogens is 1. The lowest BCUT2D eigenvalue weighted by atomic mass is 10.00. The monoisotopic (exact) mass is 354 g/mol. The summed E-state index contributed by atoms with van der Waals surface area (Å²) in [5.41, 5.74) is 1.21. The van der Waals surface area contributed by atoms with Gasteiger partial charge in [-0.25, -0.2) is 8.42 Å². The lowest BCUT2D eigenvalue weighted by Crippen LogP contribution is -2.42. The molecule has 1 atom stereocenters. The Morgan fingerprint density at radius 1 is 1.39 bits per heavy atom. The lowest BCUT2D eigenvalue weighted by molar-refractivity contribution is 0.0679. The van der Waals surface area contributed by atoms with E-state index in [1.165, 1.54) is 6.26 Å². The van der Waals surface area contributed by atoms with Crippen LogP contribution in [0.25, 0.3) is 10.9 Å². The number of aromatic amines is 1. The summed E-state index contributed by atoms with van der Waals surface area (Å²) >= 11 is 6.34. The fraction of sp³-hybridized carbons (Fsp3) is 0.438. The van der Waals surface area contributed by atoms with E-state index in [2.05, 4.69) is 4.98 Å². The van der Waals surface area contributed by atoms with Crippen molar-refractivity contribution in [2.45, 2.75) is 12.8 Å². The third-order valence-electron chi connectivity index (χ3n) is 4.20. The highest BCUT2D eigenvalue weighted by molar-refractivity contribution is 7.90. The molecule has 23 heavy (non-hydrogen) atoms. The Bertz CT molecular complexity index is 844. The average molecular weight is 355 g/mol. The van der Waals surface area contributed by atoms with Crippen LogP contribution in [-0.2, 0) is 9.84 Å². The van der Waals surface area contributed by atoms with Crippen molar-refractivity contribution in [1.29, 1.82) is 0 Å². The van der Waals surface area contributed by atoms with Gasteiger partial charge in [0.25, 0.3) is 5.91 Å². The molecule has 0 aliphatic carbocycles. The van der Waals surface area contributed by atoms with Gasteiger partial charge in [-0.1, -0.05) is 29.8 Å². The maximum atomic E-state index is 12.8. The number of rotatable bonds is 3. The molecule has 1 aromatic heterocycles. The SMILES string of the molecule is CS(=O)(=O)C[C@@H]1CCCN(C(=O)c2[nH]c3ccccc3c2Cl)C1. The molecule has 1 aliphatic rings. The number of sulfone groups is 1. The summed E-state index contributed by atoms with van der Waals surface area (Å²) in [4.78, 5) is 17.5. The average Bonchev–Trinajstić information content (AvgIpc) is 2.83. The maximum Gasteiger partial charge on any atom is 0.271 e. The molecular formula is C16H19ClN2O3S. The quantitative estimate of drug-likeness (QED) is 0.921. The van der Waals surface area contributed by atoms with Gasteiger partial charge in [0, 0.05) is 30.2 Å². The van der Waals surface area contributed by atoms with E-state index in [0.29, 0.717) is 23.8 Å². The molecular weight excluding hydrogens is 336 g/mol. The smallest absolute Gasteiger partial charge is 0.271 e. The third kappa shape index (κ3) is 3.53. The molecule has 1 aromatic carbocycles. The van der Waals surface area contributed by atoms with Crippen molar-refractivity contribution in [2.24, 2.45) is 5.92 Å². The molecule has 1 fully saturated rings. The zero-order chi connectivity index (χ0) is 16.6. The van der Waals surface area contributed by atoms with Crippen molar-refractivity contribution in [3.63, 3.8) is 0 Å². The van der Waals surface area contributed by atoms with E-state index in [1.54, 1.807) is 4.90 Å². The number of para-hydroxylation sites is 1. The van der Waals surface area contributed by atoms with Crippen LogP contribution >= 0.6 is 11.6 Å². The van der Waals surface area contributed by atoms with Gasteiger partial charge in [-0.2, -0.15) is 0 Å². The number of amides is 1. The van der Waals surface area contributed by atoms with E-state index >= 15 is 0 Å². The van der Waals surface area contributed by atoms with Crippen LogP contribution in [0, 0.1) is 5.92 Å². The molecule has 1 amide bonds. The van der Waals surface area contributed by atoms with Gasteiger partial charge in [-0.15, -0.1) is 0 Å². The maximum absolute atomic E-state index is 12.8. The highest BCUT2D eigenvalue weighted by Crippen LogP contribution is 2.29. The number of nitrogens with one attached hydrogen (secondary N) is 1. The Balaban J connectivity index is 1.82. The van der Waals surface area contributed by atoms with E-state index in [4.69, 9.17) is 11.6 Å². The van der Waals surface area contributed by atoms with Crippen molar-refractivity contribution < 1.29 is 13.2 Å². The van der Waals surface area contributed by atoms with Crippen molar-refractivity contribution in [2.75, 3.05) is 25.1 Å². The standard InChI is InChI=1S/C16H19ClN2O3S/c1-23(21,22)10-11-5-4-8-19(9-11)16(20)15-14(17)12-6-2-3-7-13(12)18-15/h2-3,6-7,11,18H,4-5,8-10H2,1H3/t11-/m1/s1. The molecule has 1 N–H and O–H groups in total. The number of piperidine rings is 1. The van der Waals surface area contributed by atoms with Gasteiger partial charge in [0.05, 0.1) is 10.8 Å². The number of carbonyl (C=O) groups excluding carboxylic acids is 1. The van der Waals surface area contributed by atoms with Gasteiger partial charge in [0.15, 0.2) is 0 Å². The van der Waals surface area contributed by atoms with E-state index < -0.39 is 9.84 Å². The van der Waals surface area contributed by atoms with E-state index in [-0.39, 0.29) is 17.6 Å². The number of hydrogen-bond acceptors (Lipinski definition) is 3. The van der Waals surface area contributed by atoms with Crippen molar-refractivity contribution in [1.82, 2.24) is 9.88 Å². The van der Waals surface area contributed by atoms with Crippen LogP contribution in [-0.4, -0.2) is 49.3 Å². The number of likely N-dealkylation sites (tertiary alicyclic amines) is 1. The molecule has 1 aliphatic heterocycles. The fourth-order valence-electron chi connectivity index (χ4n) is 3.23. The van der Waals surface area contributed by atoms with E-state index in [1.807, 2.05) is 24.3 Å². The first-order chi connectivity index (χ1) is 10.8. The second-order valence-corrected chi connectivity index (χ2v) is 8.77. The highest BCUT2D eigenvalue weighted by atomic mass is 35.5. The van der Waals surface area contributed by atoms with Gasteiger partial charge in [-0.3, -0.25) is 4.79 Å². The van der Waals surface area contributed by atoms with Gasteiger partial charge >= 0.3 is 0 Å². The van der Waals surface area contributed by atoms with Crippen LogP contribution in [0.5, 0.6) is 0 Å². The molecule has 7 heteroatoms. The molecule has 124 valence electrons. The number of H-pyrrole nitrogens is 1. The summed E-state index contributed by atoms with van der Waals surface area (Å²) in [6.45, 7) is 1.09. The Hall–Kier alpha value is -1.53. The number of fused-ring (bicyclic) bond motifs is 1. The van der Waals surface area contributed by atoms with Gasteiger partial charge in [-0.05, 0) is 24.8 Å². The molecule has 0 radical (unpaired) electrons. The first-order valence-electron chi connectivity index (χ1n) is 7.58. The van der Waals surface area contributed by atoms with Crippen LogP contribution in [0.15, 0.2) is 24.3 Å². The number of benzene rings is 1. The predicted octanol–water partition coefficient (Wildman–Crippen LogP) is 2.72. The molecule has 0 spiro atoms. The topological polar surface area (TPSA) is 70.2 Å². The minimum Gasteiger partial charge on any atom is -0.349 e. The van der Waals surface area contributed by atoms with E-state index in [0.717, 1.165) is 23.7 Å². The number of carbonyl (C=O) groups is 1. The molecule has 5 nitrogen and oxygen atoms in total. The summed E-state index contributed by atoms with van der Waals surface area (Å²) in [6.07, 6.45) is 2.88. The minimum absolute atomic E-state index is 0.00847. The number of aromatic nitrogens is 1. The highest BCUT2D eigenvalue weighted by Gasteiger charge is 2.28. The summed E-state index contributed by atoms with van der Waals surface area (Å²) in [7, 11) is -3.04. The summed E-state index contributed by atoms with van der Waals surface area (Å²) in [5, 5.41) is 1.25. The zero-order valence-electron chi connectivity index (χ0n) is 12.9. The first kappa shape index (κ1) is 16.3. The van der Waals surface area contributed by atoms with E-state index in [9.17, 15) is 13.2 Å². The fourth-order valence-corrected chi connectivity index (χ4v) is 4.65.